The van der Waals surface area contributed by atoms with E-state index >= 15 is 0 Å². The monoisotopic (exact) mass is 181 g/mol. The van der Waals surface area contributed by atoms with E-state index in [1.807, 2.05) is 0 Å². The number of allylic oxidation sites excluding steroid dienone is 2. The second-order valence-electron chi connectivity index (χ2n) is 3.09. The summed E-state index contributed by atoms with van der Waals surface area (Å²) in [5, 5.41) is 9.16. The van der Waals surface area contributed by atoms with Crippen molar-refractivity contribution in [3.8, 4) is 0 Å². The largest absolute Gasteiger partial charge is 0.504 e. The van der Waals surface area contributed by atoms with Crippen LogP contribution in [0.4, 0.5) is 0 Å². The Kier molecular flexibility index (Phi) is 2.23. The second kappa shape index (κ2) is 3.05. The van der Waals surface area contributed by atoms with Crippen LogP contribution < -0.4 is 0 Å². The minimum atomic E-state index is -0.513. The summed E-state index contributed by atoms with van der Waals surface area (Å²) in [5.74, 6) is -1.27. The molecule has 0 spiro atoms. The molecule has 0 bridgehead atoms. The van der Waals surface area contributed by atoms with Crippen molar-refractivity contribution in [2.45, 2.75) is 6.92 Å². The van der Waals surface area contributed by atoms with Crippen molar-refractivity contribution < 1.29 is 14.7 Å². The SMILES string of the molecule is CC1=C(O)C(=O)C=C(N(C)C)C1=O. The minimum absolute atomic E-state index is 0.108. The van der Waals surface area contributed by atoms with Gasteiger partial charge in [-0.2, -0.15) is 0 Å². The first-order valence-electron chi connectivity index (χ1n) is 3.83. The molecule has 0 radical (unpaired) electrons. The molecular formula is C9H11NO3. The number of rotatable bonds is 1. The predicted molar refractivity (Wildman–Crippen MR) is 47.1 cm³/mol. The number of likely N-dealkylation sites (N-methyl/N-ethyl adjacent to an activating group) is 1. The van der Waals surface area contributed by atoms with Crippen molar-refractivity contribution >= 4 is 11.6 Å². The van der Waals surface area contributed by atoms with Gasteiger partial charge in [-0.15, -0.1) is 0 Å². The number of carbonyl (C=O) groups is 2. The van der Waals surface area contributed by atoms with E-state index in [1.165, 1.54) is 6.92 Å². The molecule has 0 atom stereocenters. The van der Waals surface area contributed by atoms with Crippen LogP contribution in [-0.2, 0) is 9.59 Å². The summed E-state index contributed by atoms with van der Waals surface area (Å²) in [4.78, 5) is 24.1. The van der Waals surface area contributed by atoms with Crippen LogP contribution in [-0.4, -0.2) is 35.7 Å². The molecule has 0 unspecified atom stereocenters. The Hall–Kier alpha value is -1.58. The zero-order valence-electron chi connectivity index (χ0n) is 7.79. The standard InChI is InChI=1S/C9H11NO3/c1-5-8(12)6(10(2)3)4-7(11)9(5)13/h4,13H,1-3H3. The van der Waals surface area contributed by atoms with E-state index < -0.39 is 11.5 Å². The Bertz CT molecular complexity index is 337. The van der Waals surface area contributed by atoms with E-state index in [9.17, 15) is 9.59 Å². The molecule has 0 aliphatic heterocycles. The molecule has 0 aromatic rings. The number of hydrogen-bond donors (Lipinski definition) is 1. The van der Waals surface area contributed by atoms with E-state index in [-0.39, 0.29) is 11.4 Å². The molecule has 70 valence electrons. The first-order chi connectivity index (χ1) is 5.95. The van der Waals surface area contributed by atoms with Crippen LogP contribution in [0.1, 0.15) is 6.92 Å². The predicted octanol–water partition coefficient (Wildman–Crippen LogP) is 0.416. The molecular weight excluding hydrogens is 170 g/mol. The lowest BCUT2D eigenvalue weighted by Gasteiger charge is -2.19. The molecule has 1 aliphatic rings. The van der Waals surface area contributed by atoms with E-state index in [0.29, 0.717) is 5.70 Å². The van der Waals surface area contributed by atoms with Gasteiger partial charge in [-0.25, -0.2) is 0 Å². The van der Waals surface area contributed by atoms with Crippen molar-refractivity contribution in [2.75, 3.05) is 14.1 Å². The summed E-state index contributed by atoms with van der Waals surface area (Å²) in [6, 6.07) is 0. The van der Waals surface area contributed by atoms with Gasteiger partial charge in [0.2, 0.25) is 11.6 Å². The van der Waals surface area contributed by atoms with Gasteiger partial charge in [-0.3, -0.25) is 9.59 Å². The van der Waals surface area contributed by atoms with Crippen LogP contribution in [0.3, 0.4) is 0 Å². The molecule has 1 aliphatic carbocycles. The number of aliphatic hydroxyl groups is 1. The van der Waals surface area contributed by atoms with Crippen LogP contribution in [0.15, 0.2) is 23.1 Å². The van der Waals surface area contributed by atoms with Crippen molar-refractivity contribution in [1.82, 2.24) is 4.90 Å². The molecule has 0 amide bonds. The van der Waals surface area contributed by atoms with Gasteiger partial charge in [0, 0.05) is 25.7 Å². The zero-order chi connectivity index (χ0) is 10.2. The normalized spacial score (nSPS) is 17.6. The Morgan fingerprint density at radius 2 is 1.85 bits per heavy atom. The third kappa shape index (κ3) is 1.47. The number of ketones is 2. The molecule has 4 heteroatoms. The minimum Gasteiger partial charge on any atom is -0.504 e. The highest BCUT2D eigenvalue weighted by Crippen LogP contribution is 2.17. The van der Waals surface area contributed by atoms with Crippen molar-refractivity contribution in [3.63, 3.8) is 0 Å². The van der Waals surface area contributed by atoms with Crippen LogP contribution in [0.5, 0.6) is 0 Å². The maximum absolute atomic E-state index is 11.4. The molecule has 0 heterocycles. The van der Waals surface area contributed by atoms with Gasteiger partial charge in [0.15, 0.2) is 5.76 Å². The lowest BCUT2D eigenvalue weighted by atomic mass is 10.00. The van der Waals surface area contributed by atoms with Gasteiger partial charge < -0.3 is 10.0 Å². The molecule has 13 heavy (non-hydrogen) atoms. The summed E-state index contributed by atoms with van der Waals surface area (Å²) in [6.07, 6.45) is 1.14. The van der Waals surface area contributed by atoms with Crippen molar-refractivity contribution in [2.24, 2.45) is 0 Å². The van der Waals surface area contributed by atoms with E-state index in [1.54, 1.807) is 19.0 Å². The van der Waals surface area contributed by atoms with Gasteiger partial charge in [0.25, 0.3) is 0 Å². The number of Topliss-reactive ketones (excluding diaryl/α,β-unsaturated/α-hetero) is 1. The van der Waals surface area contributed by atoms with Crippen molar-refractivity contribution in [3.05, 3.63) is 23.1 Å². The summed E-state index contributed by atoms with van der Waals surface area (Å²) >= 11 is 0. The second-order valence-corrected chi connectivity index (χ2v) is 3.09. The highest BCUT2D eigenvalue weighted by atomic mass is 16.3. The maximum Gasteiger partial charge on any atom is 0.222 e. The van der Waals surface area contributed by atoms with Gasteiger partial charge in [-0.1, -0.05) is 0 Å². The number of hydrogen-bond acceptors (Lipinski definition) is 4. The fourth-order valence-corrected chi connectivity index (χ4v) is 1.07. The number of carbonyl (C=O) groups excluding carboxylic acids is 2. The van der Waals surface area contributed by atoms with Crippen LogP contribution >= 0.6 is 0 Å². The van der Waals surface area contributed by atoms with Gasteiger partial charge in [-0.05, 0) is 6.92 Å². The summed E-state index contributed by atoms with van der Waals surface area (Å²) < 4.78 is 0. The van der Waals surface area contributed by atoms with Gasteiger partial charge in [0.1, 0.15) is 0 Å². The molecule has 0 fully saturated rings. The highest BCUT2D eigenvalue weighted by Gasteiger charge is 2.26. The molecule has 0 aromatic heterocycles. The molecule has 0 saturated carbocycles. The topological polar surface area (TPSA) is 57.6 Å². The van der Waals surface area contributed by atoms with Crippen LogP contribution in [0.2, 0.25) is 0 Å². The number of aliphatic hydroxyl groups excluding tert-OH is 1. The smallest absolute Gasteiger partial charge is 0.222 e. The summed E-state index contributed by atoms with van der Waals surface area (Å²) in [7, 11) is 3.35. The lowest BCUT2D eigenvalue weighted by molar-refractivity contribution is -0.118. The average molecular weight is 181 g/mol. The Morgan fingerprint density at radius 3 is 2.31 bits per heavy atom. The summed E-state index contributed by atoms with van der Waals surface area (Å²) in [5.41, 5.74) is 0.413. The fraction of sp³-hybridized carbons (Fsp3) is 0.333. The van der Waals surface area contributed by atoms with Crippen molar-refractivity contribution in [1.29, 1.82) is 0 Å². The van der Waals surface area contributed by atoms with E-state index in [0.717, 1.165) is 6.08 Å². The third-order valence-corrected chi connectivity index (χ3v) is 1.91. The lowest BCUT2D eigenvalue weighted by Crippen LogP contribution is -2.26. The Balaban J connectivity index is 3.15. The first-order valence-corrected chi connectivity index (χ1v) is 3.83. The number of nitrogens with zero attached hydrogens (tertiary/aromatic N) is 1. The maximum atomic E-state index is 11.4. The quantitative estimate of drug-likeness (QED) is 0.595. The first kappa shape index (κ1) is 9.51. The Morgan fingerprint density at radius 1 is 1.31 bits per heavy atom. The average Bonchev–Trinajstić information content (AvgIpc) is 2.07. The van der Waals surface area contributed by atoms with E-state index in [4.69, 9.17) is 5.11 Å². The van der Waals surface area contributed by atoms with Crippen LogP contribution in [0, 0.1) is 0 Å². The van der Waals surface area contributed by atoms with Gasteiger partial charge in [0.05, 0.1) is 5.70 Å². The van der Waals surface area contributed by atoms with Crippen LogP contribution in [0.25, 0.3) is 0 Å². The van der Waals surface area contributed by atoms with E-state index in [2.05, 4.69) is 0 Å². The fourth-order valence-electron chi connectivity index (χ4n) is 1.07. The molecule has 0 aromatic carbocycles. The highest BCUT2D eigenvalue weighted by molar-refractivity contribution is 6.21. The molecule has 4 nitrogen and oxygen atoms in total. The summed E-state index contributed by atoms with van der Waals surface area (Å²) in [6.45, 7) is 1.44. The molecule has 1 N–H and O–H groups in total. The zero-order valence-corrected chi connectivity index (χ0v) is 7.79. The Labute approximate surface area is 76.2 Å². The molecule has 0 saturated heterocycles. The third-order valence-electron chi connectivity index (χ3n) is 1.91. The molecule has 1 rings (SSSR count). The van der Waals surface area contributed by atoms with Gasteiger partial charge >= 0.3 is 0 Å².